The van der Waals surface area contributed by atoms with E-state index in [1.165, 1.54) is 18.9 Å². The zero-order valence-electron chi connectivity index (χ0n) is 18.6. The summed E-state index contributed by atoms with van der Waals surface area (Å²) < 4.78 is 16.0. The van der Waals surface area contributed by atoms with Crippen LogP contribution >= 0.6 is 11.8 Å². The third-order valence-corrected chi connectivity index (χ3v) is 6.09. The number of aryl methyl sites for hydroxylation is 2. The monoisotopic (exact) mass is 462 g/mol. The maximum Gasteiger partial charge on any atom is 0.338 e. The van der Waals surface area contributed by atoms with Crippen molar-refractivity contribution < 1.29 is 19.0 Å². The minimum absolute atomic E-state index is 0.0875. The SMILES string of the molecule is COC(=O)C1=C(CSc2nc(C)cc(C)c2C#N)OC(N)=C(C#N)[C@@H]1c1ccc(OC)cc1. The van der Waals surface area contributed by atoms with Crippen LogP contribution in [0.4, 0.5) is 0 Å². The molecule has 2 N–H and O–H groups in total. The Morgan fingerprint density at radius 2 is 1.91 bits per heavy atom. The number of hydrogen-bond acceptors (Lipinski definition) is 9. The number of carbonyl (C=O) groups excluding carboxylic acids is 1. The molecule has 0 saturated heterocycles. The molecule has 9 heteroatoms. The van der Waals surface area contributed by atoms with Crippen molar-refractivity contribution in [2.45, 2.75) is 24.8 Å². The molecule has 33 heavy (non-hydrogen) atoms. The van der Waals surface area contributed by atoms with Crippen LogP contribution in [-0.4, -0.2) is 30.9 Å². The molecule has 1 aliphatic rings. The Hall–Kier alpha value is -3.95. The molecular weight excluding hydrogens is 440 g/mol. The minimum atomic E-state index is -0.777. The fraction of sp³-hybridized carbons (Fsp3) is 0.250. The number of nitrogens with zero attached hydrogens (tertiary/aromatic N) is 3. The van der Waals surface area contributed by atoms with Gasteiger partial charge in [0.05, 0.1) is 37.0 Å². The summed E-state index contributed by atoms with van der Waals surface area (Å²) in [5, 5.41) is 19.8. The average molecular weight is 463 g/mol. The van der Waals surface area contributed by atoms with E-state index in [9.17, 15) is 15.3 Å². The van der Waals surface area contributed by atoms with Gasteiger partial charge in [-0.2, -0.15) is 10.5 Å². The van der Waals surface area contributed by atoms with Crippen molar-refractivity contribution in [1.29, 1.82) is 10.5 Å². The Bertz CT molecular complexity index is 1240. The number of allylic oxidation sites excluding steroid dienone is 1. The molecular formula is C24H22N4O4S. The van der Waals surface area contributed by atoms with Crippen molar-refractivity contribution in [3.8, 4) is 17.9 Å². The van der Waals surface area contributed by atoms with Gasteiger partial charge in [0.2, 0.25) is 5.88 Å². The molecule has 0 saturated carbocycles. The van der Waals surface area contributed by atoms with Gasteiger partial charge in [0.1, 0.15) is 34.2 Å². The summed E-state index contributed by atoms with van der Waals surface area (Å²) in [4.78, 5) is 17.3. The molecule has 0 unspecified atom stereocenters. The lowest BCUT2D eigenvalue weighted by Gasteiger charge is -2.28. The lowest BCUT2D eigenvalue weighted by atomic mass is 9.83. The molecule has 0 aliphatic carbocycles. The van der Waals surface area contributed by atoms with Crippen LogP contribution < -0.4 is 10.5 Å². The number of benzene rings is 1. The van der Waals surface area contributed by atoms with E-state index in [1.807, 2.05) is 19.9 Å². The highest BCUT2D eigenvalue weighted by Crippen LogP contribution is 2.41. The predicted molar refractivity (Wildman–Crippen MR) is 122 cm³/mol. The Balaban J connectivity index is 2.09. The lowest BCUT2D eigenvalue weighted by Crippen LogP contribution is -2.26. The Labute approximate surface area is 196 Å². The van der Waals surface area contributed by atoms with E-state index in [4.69, 9.17) is 19.9 Å². The van der Waals surface area contributed by atoms with E-state index in [1.54, 1.807) is 31.4 Å². The van der Waals surface area contributed by atoms with Crippen LogP contribution in [0, 0.1) is 36.5 Å². The van der Waals surface area contributed by atoms with Gasteiger partial charge in [-0.05, 0) is 43.2 Å². The number of pyridine rings is 1. The second-order valence-corrected chi connectivity index (χ2v) is 8.15. The molecule has 1 atom stereocenters. The number of nitrogens with two attached hydrogens (primary N) is 1. The second-order valence-electron chi connectivity index (χ2n) is 7.19. The number of aromatic nitrogens is 1. The first-order valence-electron chi connectivity index (χ1n) is 9.88. The van der Waals surface area contributed by atoms with E-state index in [0.717, 1.165) is 11.3 Å². The van der Waals surface area contributed by atoms with Crippen LogP contribution in [0.15, 0.2) is 58.1 Å². The highest BCUT2D eigenvalue weighted by atomic mass is 32.2. The normalized spacial score (nSPS) is 15.4. The van der Waals surface area contributed by atoms with Gasteiger partial charge in [-0.15, -0.1) is 0 Å². The minimum Gasteiger partial charge on any atom is -0.497 e. The van der Waals surface area contributed by atoms with Gasteiger partial charge in [-0.3, -0.25) is 0 Å². The zero-order chi connectivity index (χ0) is 24.1. The molecule has 0 amide bonds. The summed E-state index contributed by atoms with van der Waals surface area (Å²) in [6.07, 6.45) is 0. The third kappa shape index (κ3) is 4.79. The third-order valence-electron chi connectivity index (χ3n) is 5.11. The van der Waals surface area contributed by atoms with Crippen molar-refractivity contribution in [2.24, 2.45) is 5.73 Å². The molecule has 3 rings (SSSR count). The van der Waals surface area contributed by atoms with Crippen molar-refractivity contribution >= 4 is 17.7 Å². The Kier molecular flexibility index (Phi) is 7.27. The summed E-state index contributed by atoms with van der Waals surface area (Å²) in [6.45, 7) is 3.68. The first-order valence-corrected chi connectivity index (χ1v) is 10.9. The summed E-state index contributed by atoms with van der Waals surface area (Å²) in [5.41, 5.74) is 9.05. The van der Waals surface area contributed by atoms with Gasteiger partial charge >= 0.3 is 5.97 Å². The Morgan fingerprint density at radius 1 is 1.21 bits per heavy atom. The molecule has 0 spiro atoms. The van der Waals surface area contributed by atoms with E-state index in [2.05, 4.69) is 17.1 Å². The van der Waals surface area contributed by atoms with Crippen LogP contribution in [0.5, 0.6) is 5.75 Å². The summed E-state index contributed by atoms with van der Waals surface area (Å²) in [5.74, 6) is -0.475. The molecule has 0 radical (unpaired) electrons. The number of ether oxygens (including phenoxy) is 3. The molecule has 1 aliphatic heterocycles. The predicted octanol–water partition coefficient (Wildman–Crippen LogP) is 3.61. The number of thioether (sulfide) groups is 1. The summed E-state index contributed by atoms with van der Waals surface area (Å²) >= 11 is 1.25. The maximum atomic E-state index is 12.9. The van der Waals surface area contributed by atoms with Gasteiger partial charge in [-0.1, -0.05) is 23.9 Å². The van der Waals surface area contributed by atoms with E-state index >= 15 is 0 Å². The highest BCUT2D eigenvalue weighted by Gasteiger charge is 2.37. The van der Waals surface area contributed by atoms with Crippen molar-refractivity contribution in [2.75, 3.05) is 20.0 Å². The van der Waals surface area contributed by atoms with E-state index < -0.39 is 11.9 Å². The smallest absolute Gasteiger partial charge is 0.338 e. The molecule has 2 heterocycles. The maximum absolute atomic E-state index is 12.9. The van der Waals surface area contributed by atoms with Crippen LogP contribution in [0.2, 0.25) is 0 Å². The standard InChI is InChI=1S/C24H22N4O4S/c1-13-9-14(2)28-23(17(13)10-25)33-12-19-21(24(29)31-4)20(18(11-26)22(27)32-19)15-5-7-16(30-3)8-6-15/h5-9,20H,12,27H2,1-4H3/t20-/m0/s1. The van der Waals surface area contributed by atoms with Crippen molar-refractivity contribution in [1.82, 2.24) is 4.98 Å². The van der Waals surface area contributed by atoms with E-state index in [0.29, 0.717) is 21.9 Å². The fourth-order valence-electron chi connectivity index (χ4n) is 3.57. The number of methoxy groups -OCH3 is 2. The molecule has 2 aromatic rings. The van der Waals surface area contributed by atoms with Crippen molar-refractivity contribution in [3.05, 3.63) is 75.5 Å². The first-order chi connectivity index (χ1) is 15.8. The van der Waals surface area contributed by atoms with Gasteiger partial charge in [-0.25, -0.2) is 9.78 Å². The van der Waals surface area contributed by atoms with Crippen LogP contribution in [-0.2, 0) is 14.3 Å². The molecule has 168 valence electrons. The van der Waals surface area contributed by atoms with Crippen LogP contribution in [0.1, 0.15) is 28.3 Å². The summed E-state index contributed by atoms with van der Waals surface area (Å²) in [6, 6.07) is 13.0. The number of rotatable bonds is 6. The van der Waals surface area contributed by atoms with Gasteiger partial charge < -0.3 is 19.9 Å². The van der Waals surface area contributed by atoms with Gasteiger partial charge in [0, 0.05) is 5.69 Å². The van der Waals surface area contributed by atoms with Gasteiger partial charge in [0.25, 0.3) is 0 Å². The molecule has 1 aromatic heterocycles. The average Bonchev–Trinajstić information content (AvgIpc) is 2.81. The molecule has 0 bridgehead atoms. The second kappa shape index (κ2) is 10.1. The molecule has 1 aromatic carbocycles. The van der Waals surface area contributed by atoms with Crippen LogP contribution in [0.3, 0.4) is 0 Å². The van der Waals surface area contributed by atoms with Gasteiger partial charge in [0.15, 0.2) is 0 Å². The van der Waals surface area contributed by atoms with E-state index in [-0.39, 0.29) is 28.5 Å². The zero-order valence-corrected chi connectivity index (χ0v) is 19.4. The topological polar surface area (TPSA) is 131 Å². The quantitative estimate of drug-likeness (QED) is 0.505. The van der Waals surface area contributed by atoms with Crippen LogP contribution in [0.25, 0.3) is 0 Å². The largest absolute Gasteiger partial charge is 0.497 e. The fourth-order valence-corrected chi connectivity index (χ4v) is 4.61. The number of nitriles is 2. The number of carbonyl (C=O) groups is 1. The highest BCUT2D eigenvalue weighted by molar-refractivity contribution is 7.99. The lowest BCUT2D eigenvalue weighted by molar-refractivity contribution is -0.136. The summed E-state index contributed by atoms with van der Waals surface area (Å²) in [7, 11) is 2.81. The first kappa shape index (κ1) is 23.7. The Morgan fingerprint density at radius 3 is 2.48 bits per heavy atom. The number of esters is 1. The molecule has 0 fully saturated rings. The molecule has 8 nitrogen and oxygen atoms in total. The van der Waals surface area contributed by atoms with Crippen molar-refractivity contribution in [3.63, 3.8) is 0 Å². The number of hydrogen-bond donors (Lipinski definition) is 1.